The molecule has 0 saturated carbocycles. The monoisotopic (exact) mass is 405 g/mol. The lowest BCUT2D eigenvalue weighted by Gasteiger charge is -2.11. The molecule has 124 valence electrons. The highest BCUT2D eigenvalue weighted by Gasteiger charge is 2.04. The number of pyridine rings is 1. The lowest BCUT2D eigenvalue weighted by molar-refractivity contribution is 0.798. The van der Waals surface area contributed by atoms with Gasteiger partial charge in [0, 0.05) is 35.5 Å². The molecule has 3 rings (SSSR count). The average Bonchev–Trinajstić information content (AvgIpc) is 2.98. The molecule has 0 aliphatic rings. The smallest absolute Gasteiger partial charge is 0.191 e. The van der Waals surface area contributed by atoms with E-state index < -0.39 is 0 Å². The Balaban J connectivity index is 1.57. The first-order chi connectivity index (χ1) is 11.6. The predicted molar refractivity (Wildman–Crippen MR) is 101 cm³/mol. The summed E-state index contributed by atoms with van der Waals surface area (Å²) in [6.45, 7) is 1.27. The highest BCUT2D eigenvalue weighted by atomic mass is 79.9. The molecule has 2 N–H and O–H groups in total. The van der Waals surface area contributed by atoms with E-state index in [1.54, 1.807) is 7.05 Å². The number of nitrogens with one attached hydrogen (secondary N) is 2. The molecule has 7 heteroatoms. The highest BCUT2D eigenvalue weighted by Crippen LogP contribution is 2.12. The van der Waals surface area contributed by atoms with Gasteiger partial charge in [-0.25, -0.2) is 4.98 Å². The van der Waals surface area contributed by atoms with Gasteiger partial charge in [-0.3, -0.25) is 4.99 Å². The Hall–Kier alpha value is -2.05. The van der Waals surface area contributed by atoms with Crippen LogP contribution >= 0.6 is 27.5 Å². The lowest BCUT2D eigenvalue weighted by atomic mass is 10.2. The molecule has 0 amide bonds. The molecule has 3 aromatic rings. The molecule has 0 fully saturated rings. The molecule has 1 aromatic carbocycles. The summed E-state index contributed by atoms with van der Waals surface area (Å²) in [4.78, 5) is 8.80. The second-order valence-corrected chi connectivity index (χ2v) is 6.60. The van der Waals surface area contributed by atoms with Crippen LogP contribution in [0.15, 0.2) is 58.3 Å². The van der Waals surface area contributed by atoms with Gasteiger partial charge in [0.05, 0.1) is 12.2 Å². The van der Waals surface area contributed by atoms with E-state index >= 15 is 0 Å². The maximum atomic E-state index is 5.89. The fraction of sp³-hybridized carbons (Fsp3) is 0.176. The van der Waals surface area contributed by atoms with E-state index in [2.05, 4.69) is 36.5 Å². The summed E-state index contributed by atoms with van der Waals surface area (Å²) >= 11 is 9.35. The van der Waals surface area contributed by atoms with Crippen molar-refractivity contribution in [3.63, 3.8) is 0 Å². The standard InChI is InChI=1S/C17H17BrClN5/c1-20-17(21-8-12-2-5-14(19)6-3-12)22-9-15-11-24-10-13(18)4-7-16(24)23-15/h2-7,10-11H,8-9H2,1H3,(H2,20,21,22). The number of hydrogen-bond acceptors (Lipinski definition) is 2. The van der Waals surface area contributed by atoms with Crippen LogP contribution in [-0.2, 0) is 13.1 Å². The van der Waals surface area contributed by atoms with Crippen molar-refractivity contribution in [3.8, 4) is 0 Å². The normalized spacial score (nSPS) is 11.7. The van der Waals surface area contributed by atoms with E-state index in [1.165, 1.54) is 0 Å². The Morgan fingerprint density at radius 3 is 2.62 bits per heavy atom. The van der Waals surface area contributed by atoms with Crippen molar-refractivity contribution in [1.82, 2.24) is 20.0 Å². The Bertz CT molecular complexity index is 857. The third-order valence-electron chi connectivity index (χ3n) is 3.50. The Morgan fingerprint density at radius 2 is 1.88 bits per heavy atom. The van der Waals surface area contributed by atoms with Crippen molar-refractivity contribution in [2.45, 2.75) is 13.1 Å². The maximum Gasteiger partial charge on any atom is 0.191 e. The Kier molecular flexibility index (Phi) is 5.37. The zero-order valence-electron chi connectivity index (χ0n) is 13.1. The van der Waals surface area contributed by atoms with Crippen LogP contribution in [0.5, 0.6) is 0 Å². The van der Waals surface area contributed by atoms with E-state index in [4.69, 9.17) is 11.6 Å². The molecule has 24 heavy (non-hydrogen) atoms. The molecule has 5 nitrogen and oxygen atoms in total. The van der Waals surface area contributed by atoms with Crippen LogP contribution in [-0.4, -0.2) is 22.4 Å². The second kappa shape index (κ2) is 7.68. The summed E-state index contributed by atoms with van der Waals surface area (Å²) in [5.74, 6) is 0.725. The molecule has 0 unspecified atom stereocenters. The van der Waals surface area contributed by atoms with Gasteiger partial charge >= 0.3 is 0 Å². The van der Waals surface area contributed by atoms with E-state index in [9.17, 15) is 0 Å². The number of halogens is 2. The van der Waals surface area contributed by atoms with E-state index in [0.29, 0.717) is 13.1 Å². The minimum atomic E-state index is 0.597. The lowest BCUT2D eigenvalue weighted by Crippen LogP contribution is -2.36. The fourth-order valence-corrected chi connectivity index (χ4v) is 2.76. The fourth-order valence-electron chi connectivity index (χ4n) is 2.29. The summed E-state index contributed by atoms with van der Waals surface area (Å²) in [5.41, 5.74) is 3.00. The zero-order chi connectivity index (χ0) is 16.9. The van der Waals surface area contributed by atoms with Crippen LogP contribution in [0.3, 0.4) is 0 Å². The van der Waals surface area contributed by atoms with Crippen LogP contribution in [0.2, 0.25) is 5.02 Å². The summed E-state index contributed by atoms with van der Waals surface area (Å²) in [6, 6.07) is 11.7. The first-order valence-corrected chi connectivity index (χ1v) is 8.63. The van der Waals surface area contributed by atoms with Crippen molar-refractivity contribution >= 4 is 39.1 Å². The van der Waals surface area contributed by atoms with Crippen LogP contribution in [0.1, 0.15) is 11.3 Å². The summed E-state index contributed by atoms with van der Waals surface area (Å²) < 4.78 is 3.01. The topological polar surface area (TPSA) is 53.7 Å². The third kappa shape index (κ3) is 4.27. The van der Waals surface area contributed by atoms with Gasteiger partial charge in [-0.05, 0) is 45.8 Å². The number of fused-ring (bicyclic) bond motifs is 1. The van der Waals surface area contributed by atoms with Crippen LogP contribution in [0, 0.1) is 0 Å². The summed E-state index contributed by atoms with van der Waals surface area (Å²) in [6.07, 6.45) is 3.99. The minimum Gasteiger partial charge on any atom is -0.352 e. The first-order valence-electron chi connectivity index (χ1n) is 7.46. The molecular formula is C17H17BrClN5. The number of guanidine groups is 1. The van der Waals surface area contributed by atoms with E-state index in [0.717, 1.165) is 32.4 Å². The summed E-state index contributed by atoms with van der Waals surface area (Å²) in [5, 5.41) is 7.28. The van der Waals surface area contributed by atoms with Gasteiger partial charge in [0.1, 0.15) is 5.65 Å². The second-order valence-electron chi connectivity index (χ2n) is 5.25. The maximum absolute atomic E-state index is 5.89. The van der Waals surface area contributed by atoms with Gasteiger partial charge < -0.3 is 15.0 Å². The van der Waals surface area contributed by atoms with Gasteiger partial charge in [0.2, 0.25) is 0 Å². The highest BCUT2D eigenvalue weighted by molar-refractivity contribution is 9.10. The van der Waals surface area contributed by atoms with Gasteiger partial charge in [-0.15, -0.1) is 0 Å². The van der Waals surface area contributed by atoms with E-state index in [1.807, 2.05) is 53.2 Å². The number of nitrogens with zero attached hydrogens (tertiary/aromatic N) is 3. The van der Waals surface area contributed by atoms with Crippen LogP contribution in [0.25, 0.3) is 5.65 Å². The third-order valence-corrected chi connectivity index (χ3v) is 4.22. The van der Waals surface area contributed by atoms with Crippen molar-refractivity contribution in [2.24, 2.45) is 4.99 Å². The summed E-state index contributed by atoms with van der Waals surface area (Å²) in [7, 11) is 1.75. The Morgan fingerprint density at radius 1 is 1.12 bits per heavy atom. The van der Waals surface area contributed by atoms with Crippen LogP contribution < -0.4 is 10.6 Å². The number of aromatic nitrogens is 2. The molecule has 2 aromatic heterocycles. The molecule has 0 atom stereocenters. The zero-order valence-corrected chi connectivity index (χ0v) is 15.5. The number of rotatable bonds is 4. The average molecular weight is 407 g/mol. The molecule has 0 aliphatic carbocycles. The van der Waals surface area contributed by atoms with Gasteiger partial charge in [-0.2, -0.15) is 0 Å². The molecular weight excluding hydrogens is 390 g/mol. The van der Waals surface area contributed by atoms with Gasteiger partial charge in [-0.1, -0.05) is 23.7 Å². The number of imidazole rings is 1. The van der Waals surface area contributed by atoms with Crippen molar-refractivity contribution in [3.05, 3.63) is 69.5 Å². The molecule has 0 saturated heterocycles. The number of benzene rings is 1. The SMILES string of the molecule is CN=C(NCc1ccc(Cl)cc1)NCc1cn2cc(Br)ccc2n1. The van der Waals surface area contributed by atoms with Crippen molar-refractivity contribution < 1.29 is 0 Å². The van der Waals surface area contributed by atoms with Gasteiger partial charge in [0.25, 0.3) is 0 Å². The van der Waals surface area contributed by atoms with E-state index in [-0.39, 0.29) is 0 Å². The molecule has 2 heterocycles. The quantitative estimate of drug-likeness (QED) is 0.514. The largest absolute Gasteiger partial charge is 0.352 e. The molecule has 0 spiro atoms. The predicted octanol–water partition coefficient (Wildman–Crippen LogP) is 3.62. The van der Waals surface area contributed by atoms with Gasteiger partial charge in [0.15, 0.2) is 5.96 Å². The Labute approximate surface area is 153 Å². The van der Waals surface area contributed by atoms with Crippen molar-refractivity contribution in [2.75, 3.05) is 7.05 Å². The minimum absolute atomic E-state index is 0.597. The molecule has 0 aliphatic heterocycles. The molecule has 0 radical (unpaired) electrons. The number of aliphatic imine (C=N–C) groups is 1. The van der Waals surface area contributed by atoms with Crippen molar-refractivity contribution in [1.29, 1.82) is 0 Å². The van der Waals surface area contributed by atoms with Crippen LogP contribution in [0.4, 0.5) is 0 Å². The number of hydrogen-bond donors (Lipinski definition) is 2. The molecule has 0 bridgehead atoms. The first kappa shape index (κ1) is 16.8.